The number of carboxylic acid groups (broad SMARTS) is 1. The number of carboxylic acids is 1. The van der Waals surface area contributed by atoms with Crippen LogP contribution in [0.4, 0.5) is 0 Å². The molecule has 1 unspecified atom stereocenters. The number of aryl methyl sites for hydroxylation is 1. The summed E-state index contributed by atoms with van der Waals surface area (Å²) < 4.78 is 23.7. The van der Waals surface area contributed by atoms with Gasteiger partial charge in [0.1, 0.15) is 6.04 Å². The summed E-state index contributed by atoms with van der Waals surface area (Å²) in [6.07, 6.45) is 0. The first kappa shape index (κ1) is 16.0. The number of amides is 1. The van der Waals surface area contributed by atoms with Gasteiger partial charge in [-0.2, -0.15) is 0 Å². The Hall–Kier alpha value is -1.41. The van der Waals surface area contributed by atoms with Crippen molar-refractivity contribution in [3.8, 4) is 0 Å². The van der Waals surface area contributed by atoms with E-state index in [1.165, 1.54) is 0 Å². The van der Waals surface area contributed by atoms with Crippen molar-refractivity contribution < 1.29 is 23.1 Å². The molecule has 1 heterocycles. The summed E-state index contributed by atoms with van der Waals surface area (Å²) in [6, 6.07) is 3.76. The number of hydrogen-bond acceptors (Lipinski definition) is 4. The largest absolute Gasteiger partial charge is 0.480 e. The average Bonchev–Trinajstić information content (AvgIpc) is 2.37. The fraction of sp³-hybridized carbons (Fsp3) is 0.385. The summed E-state index contributed by atoms with van der Waals surface area (Å²) in [7, 11) is -3.43. The average molecular weight is 376 g/mol. The third-order valence-corrected chi connectivity index (χ3v) is 5.62. The molecule has 0 radical (unpaired) electrons. The van der Waals surface area contributed by atoms with Gasteiger partial charge in [-0.1, -0.05) is 6.07 Å². The van der Waals surface area contributed by atoms with Crippen molar-refractivity contribution in [2.45, 2.75) is 13.0 Å². The van der Waals surface area contributed by atoms with Gasteiger partial charge in [0.05, 0.1) is 17.1 Å². The molecule has 1 aliphatic heterocycles. The Morgan fingerprint density at radius 2 is 2.05 bits per heavy atom. The Morgan fingerprint density at radius 3 is 2.62 bits per heavy atom. The molecular weight excluding hydrogens is 362 g/mol. The molecule has 0 spiro atoms. The minimum Gasteiger partial charge on any atom is -0.480 e. The molecule has 1 N–H and O–H groups in total. The van der Waals surface area contributed by atoms with Crippen LogP contribution in [0.15, 0.2) is 22.7 Å². The van der Waals surface area contributed by atoms with E-state index in [0.717, 1.165) is 10.5 Å². The van der Waals surface area contributed by atoms with Crippen LogP contribution in [0.2, 0.25) is 0 Å². The monoisotopic (exact) mass is 375 g/mol. The van der Waals surface area contributed by atoms with E-state index in [9.17, 15) is 23.1 Å². The van der Waals surface area contributed by atoms with Crippen LogP contribution in [0.1, 0.15) is 15.9 Å². The number of halogens is 1. The van der Waals surface area contributed by atoms with E-state index in [1.807, 2.05) is 6.92 Å². The lowest BCUT2D eigenvalue weighted by Crippen LogP contribution is -2.54. The molecule has 8 heteroatoms. The molecule has 1 aliphatic rings. The van der Waals surface area contributed by atoms with Crippen molar-refractivity contribution in [3.63, 3.8) is 0 Å². The molecule has 114 valence electrons. The van der Waals surface area contributed by atoms with E-state index in [0.29, 0.717) is 10.0 Å². The summed E-state index contributed by atoms with van der Waals surface area (Å²) in [4.78, 5) is 24.9. The summed E-state index contributed by atoms with van der Waals surface area (Å²) >= 11 is 3.28. The molecule has 2 rings (SSSR count). The van der Waals surface area contributed by atoms with Crippen molar-refractivity contribution in [1.29, 1.82) is 0 Å². The molecule has 0 aromatic heterocycles. The highest BCUT2D eigenvalue weighted by molar-refractivity contribution is 9.10. The third-order valence-electron chi connectivity index (χ3n) is 3.33. The normalized spacial score (nSPS) is 21.0. The zero-order valence-electron chi connectivity index (χ0n) is 11.2. The van der Waals surface area contributed by atoms with Crippen LogP contribution in [-0.4, -0.2) is 54.4 Å². The Kier molecular flexibility index (Phi) is 4.38. The van der Waals surface area contributed by atoms with Crippen LogP contribution in [0.3, 0.4) is 0 Å². The number of sulfone groups is 1. The molecule has 21 heavy (non-hydrogen) atoms. The Labute approximate surface area is 130 Å². The molecule has 1 fully saturated rings. The SMILES string of the molecule is Cc1ccc(C(=O)N2CCS(=O)(=O)CC2C(=O)O)c(Br)c1. The van der Waals surface area contributed by atoms with E-state index < -0.39 is 33.5 Å². The van der Waals surface area contributed by atoms with Crippen molar-refractivity contribution in [3.05, 3.63) is 33.8 Å². The van der Waals surface area contributed by atoms with E-state index in [4.69, 9.17) is 0 Å². The van der Waals surface area contributed by atoms with Gasteiger partial charge < -0.3 is 10.0 Å². The van der Waals surface area contributed by atoms with Crippen molar-refractivity contribution in [2.75, 3.05) is 18.1 Å². The van der Waals surface area contributed by atoms with Crippen LogP contribution >= 0.6 is 15.9 Å². The molecule has 1 aromatic carbocycles. The first-order valence-electron chi connectivity index (χ1n) is 6.21. The summed E-state index contributed by atoms with van der Waals surface area (Å²) in [5.41, 5.74) is 1.28. The van der Waals surface area contributed by atoms with Crippen LogP contribution in [0, 0.1) is 6.92 Å². The third kappa shape index (κ3) is 3.44. The smallest absolute Gasteiger partial charge is 0.327 e. The highest BCUT2D eigenvalue weighted by Crippen LogP contribution is 2.23. The lowest BCUT2D eigenvalue weighted by molar-refractivity contribution is -0.141. The van der Waals surface area contributed by atoms with E-state index in [2.05, 4.69) is 15.9 Å². The highest BCUT2D eigenvalue weighted by Gasteiger charge is 2.39. The molecule has 1 saturated heterocycles. The molecule has 1 atom stereocenters. The van der Waals surface area contributed by atoms with Crippen LogP contribution in [0.25, 0.3) is 0 Å². The van der Waals surface area contributed by atoms with Gasteiger partial charge in [-0.25, -0.2) is 13.2 Å². The maximum absolute atomic E-state index is 12.5. The number of carbonyl (C=O) groups excluding carboxylic acids is 1. The predicted molar refractivity (Wildman–Crippen MR) is 80.0 cm³/mol. The summed E-state index contributed by atoms with van der Waals surface area (Å²) in [5.74, 6) is -2.55. The Bertz CT molecular complexity index is 701. The van der Waals surface area contributed by atoms with E-state index >= 15 is 0 Å². The van der Waals surface area contributed by atoms with Gasteiger partial charge in [0, 0.05) is 11.0 Å². The van der Waals surface area contributed by atoms with Crippen LogP contribution in [-0.2, 0) is 14.6 Å². The van der Waals surface area contributed by atoms with Crippen LogP contribution < -0.4 is 0 Å². The molecular formula is C13H14BrNO5S. The van der Waals surface area contributed by atoms with Gasteiger partial charge >= 0.3 is 5.97 Å². The van der Waals surface area contributed by atoms with Crippen molar-refractivity contribution in [2.24, 2.45) is 0 Å². The van der Waals surface area contributed by atoms with Gasteiger partial charge in [-0.3, -0.25) is 4.79 Å². The second kappa shape index (κ2) is 5.76. The van der Waals surface area contributed by atoms with Crippen LogP contribution in [0.5, 0.6) is 0 Å². The maximum atomic E-state index is 12.5. The highest BCUT2D eigenvalue weighted by atomic mass is 79.9. The molecule has 1 aromatic rings. The van der Waals surface area contributed by atoms with Crippen molar-refractivity contribution in [1.82, 2.24) is 4.90 Å². The quantitative estimate of drug-likeness (QED) is 0.834. The molecule has 0 aliphatic carbocycles. The predicted octanol–water partition coefficient (Wildman–Crippen LogP) is 1.08. The fourth-order valence-corrected chi connectivity index (χ4v) is 4.31. The number of nitrogens with zero attached hydrogens (tertiary/aromatic N) is 1. The second-order valence-corrected chi connectivity index (χ2v) is 8.03. The van der Waals surface area contributed by atoms with E-state index in [1.54, 1.807) is 18.2 Å². The lowest BCUT2D eigenvalue weighted by Gasteiger charge is -2.33. The zero-order valence-corrected chi connectivity index (χ0v) is 13.6. The fourth-order valence-electron chi connectivity index (χ4n) is 2.20. The summed E-state index contributed by atoms with van der Waals surface area (Å²) in [5, 5.41) is 9.18. The van der Waals surface area contributed by atoms with Gasteiger partial charge in [0.25, 0.3) is 5.91 Å². The Balaban J connectivity index is 2.35. The minimum atomic E-state index is -3.43. The van der Waals surface area contributed by atoms with Crippen molar-refractivity contribution >= 4 is 37.6 Å². The van der Waals surface area contributed by atoms with Gasteiger partial charge in [-0.05, 0) is 40.5 Å². The molecule has 6 nitrogen and oxygen atoms in total. The number of aliphatic carboxylic acids is 1. The first-order valence-corrected chi connectivity index (χ1v) is 8.83. The van der Waals surface area contributed by atoms with E-state index in [-0.39, 0.29) is 12.3 Å². The molecule has 0 saturated carbocycles. The number of rotatable bonds is 2. The molecule has 0 bridgehead atoms. The zero-order chi connectivity index (χ0) is 15.8. The number of hydrogen-bond donors (Lipinski definition) is 1. The Morgan fingerprint density at radius 1 is 1.38 bits per heavy atom. The topological polar surface area (TPSA) is 91.8 Å². The lowest BCUT2D eigenvalue weighted by atomic mass is 10.1. The minimum absolute atomic E-state index is 0.113. The first-order chi connectivity index (χ1) is 9.71. The summed E-state index contributed by atoms with van der Waals surface area (Å²) in [6.45, 7) is 1.75. The van der Waals surface area contributed by atoms with Gasteiger partial charge in [0.15, 0.2) is 9.84 Å². The maximum Gasteiger partial charge on any atom is 0.327 e. The number of benzene rings is 1. The number of carbonyl (C=O) groups is 2. The van der Waals surface area contributed by atoms with Gasteiger partial charge in [-0.15, -0.1) is 0 Å². The van der Waals surface area contributed by atoms with Gasteiger partial charge in [0.2, 0.25) is 0 Å². The molecule has 1 amide bonds. The standard InChI is InChI=1S/C13H14BrNO5S/c1-8-2-3-9(10(14)6-8)12(16)15-4-5-21(19,20)7-11(15)13(17)18/h2-3,6,11H,4-5,7H2,1H3,(H,17,18). The second-order valence-electron chi connectivity index (χ2n) is 4.95.